The van der Waals surface area contributed by atoms with E-state index < -0.39 is 6.04 Å². The maximum absolute atomic E-state index is 13.2. The minimum absolute atomic E-state index is 0.294. The molecular formula is C28H31N3O6. The van der Waals surface area contributed by atoms with Crippen LogP contribution < -0.4 is 29.0 Å². The van der Waals surface area contributed by atoms with E-state index in [9.17, 15) is 4.79 Å². The largest absolute Gasteiger partial charge is 0.497 e. The summed E-state index contributed by atoms with van der Waals surface area (Å²) >= 11 is 0. The summed E-state index contributed by atoms with van der Waals surface area (Å²) in [5.41, 5.74) is 2.18. The molecule has 0 spiro atoms. The van der Waals surface area contributed by atoms with E-state index in [0.717, 1.165) is 22.6 Å². The van der Waals surface area contributed by atoms with Crippen LogP contribution in [0.5, 0.6) is 28.7 Å². The maximum atomic E-state index is 13.2. The molecule has 1 unspecified atom stereocenters. The van der Waals surface area contributed by atoms with Gasteiger partial charge in [0, 0.05) is 11.6 Å². The summed E-state index contributed by atoms with van der Waals surface area (Å²) in [5.74, 6) is 3.10. The highest BCUT2D eigenvalue weighted by atomic mass is 16.5. The van der Waals surface area contributed by atoms with E-state index in [1.807, 2.05) is 55.5 Å². The Hall–Kier alpha value is -4.40. The van der Waals surface area contributed by atoms with Crippen LogP contribution in [0.15, 0.2) is 60.7 Å². The highest BCUT2D eigenvalue weighted by Crippen LogP contribution is 2.38. The quantitative estimate of drug-likeness (QED) is 0.317. The molecule has 4 aromatic rings. The summed E-state index contributed by atoms with van der Waals surface area (Å²) in [7, 11) is 6.16. The first-order valence-electron chi connectivity index (χ1n) is 11.8. The Morgan fingerprint density at radius 3 is 2.27 bits per heavy atom. The SMILES string of the molecule is COc1cccc(OCCn2c(C(C)NC(=O)c3cc(OC)c(OC)c(OC)c3)nc3ccccc32)c1. The fraction of sp³-hybridized carbons (Fsp3) is 0.286. The summed E-state index contributed by atoms with van der Waals surface area (Å²) in [5, 5.41) is 3.05. The molecule has 0 fully saturated rings. The van der Waals surface area contributed by atoms with E-state index in [2.05, 4.69) is 9.88 Å². The number of carbonyl (C=O) groups excluding carboxylic acids is 1. The first-order chi connectivity index (χ1) is 18.0. The van der Waals surface area contributed by atoms with Gasteiger partial charge in [-0.15, -0.1) is 0 Å². The third-order valence-corrected chi connectivity index (χ3v) is 5.97. The standard InChI is InChI=1S/C28H31N3O6/c1-18(29-28(32)19-15-24(34-3)26(36-5)25(16-19)35-4)27-30-22-11-6-7-12-23(22)31(27)13-14-37-21-10-8-9-20(17-21)33-2/h6-12,15-18H,13-14H2,1-5H3,(H,29,32). The molecular weight excluding hydrogens is 474 g/mol. The Morgan fingerprint density at radius 2 is 1.59 bits per heavy atom. The van der Waals surface area contributed by atoms with Crippen LogP contribution in [0.2, 0.25) is 0 Å². The average molecular weight is 506 g/mol. The second-order valence-corrected chi connectivity index (χ2v) is 8.25. The number of nitrogens with one attached hydrogen (secondary N) is 1. The van der Waals surface area contributed by atoms with Crippen molar-refractivity contribution in [2.75, 3.05) is 35.0 Å². The third-order valence-electron chi connectivity index (χ3n) is 5.97. The third kappa shape index (κ3) is 5.55. The number of rotatable bonds is 11. The zero-order valence-electron chi connectivity index (χ0n) is 21.6. The van der Waals surface area contributed by atoms with Crippen LogP contribution in [0.3, 0.4) is 0 Å². The van der Waals surface area contributed by atoms with Crippen molar-refractivity contribution in [1.82, 2.24) is 14.9 Å². The average Bonchev–Trinajstić information content (AvgIpc) is 3.31. The first kappa shape index (κ1) is 25.7. The van der Waals surface area contributed by atoms with Gasteiger partial charge in [0.1, 0.15) is 23.9 Å². The number of amides is 1. The smallest absolute Gasteiger partial charge is 0.252 e. The van der Waals surface area contributed by atoms with Crippen molar-refractivity contribution in [2.24, 2.45) is 0 Å². The highest BCUT2D eigenvalue weighted by molar-refractivity contribution is 5.96. The van der Waals surface area contributed by atoms with Crippen molar-refractivity contribution in [2.45, 2.75) is 19.5 Å². The van der Waals surface area contributed by atoms with Gasteiger partial charge in [-0.25, -0.2) is 4.98 Å². The van der Waals surface area contributed by atoms with Gasteiger partial charge in [0.2, 0.25) is 5.75 Å². The predicted octanol–water partition coefficient (Wildman–Crippen LogP) is 4.64. The molecule has 37 heavy (non-hydrogen) atoms. The van der Waals surface area contributed by atoms with Crippen LogP contribution in [-0.2, 0) is 6.54 Å². The van der Waals surface area contributed by atoms with Crippen LogP contribution >= 0.6 is 0 Å². The Balaban J connectivity index is 1.56. The summed E-state index contributed by atoms with van der Waals surface area (Å²) in [6.07, 6.45) is 0. The number of aromatic nitrogens is 2. The molecule has 1 aromatic heterocycles. The highest BCUT2D eigenvalue weighted by Gasteiger charge is 2.22. The van der Waals surface area contributed by atoms with Crippen molar-refractivity contribution in [1.29, 1.82) is 0 Å². The number of nitrogens with zero attached hydrogens (tertiary/aromatic N) is 2. The number of imidazole rings is 1. The Labute approximate surface area is 215 Å². The van der Waals surface area contributed by atoms with Gasteiger partial charge in [0.25, 0.3) is 5.91 Å². The van der Waals surface area contributed by atoms with Crippen LogP contribution in [0.4, 0.5) is 0 Å². The summed E-state index contributed by atoms with van der Waals surface area (Å²) in [6, 6.07) is 18.2. The number of para-hydroxylation sites is 2. The second kappa shape index (κ2) is 11.6. The van der Waals surface area contributed by atoms with Gasteiger partial charge >= 0.3 is 0 Å². The number of methoxy groups -OCH3 is 4. The topological polar surface area (TPSA) is 93.1 Å². The van der Waals surface area contributed by atoms with E-state index in [4.69, 9.17) is 28.7 Å². The maximum Gasteiger partial charge on any atom is 0.252 e. The molecule has 194 valence electrons. The van der Waals surface area contributed by atoms with E-state index >= 15 is 0 Å². The fourth-order valence-electron chi connectivity index (χ4n) is 4.16. The van der Waals surface area contributed by atoms with Gasteiger partial charge in [-0.2, -0.15) is 0 Å². The van der Waals surface area contributed by atoms with E-state index in [1.54, 1.807) is 19.2 Å². The number of ether oxygens (including phenoxy) is 5. The molecule has 9 heteroatoms. The Bertz CT molecular complexity index is 1360. The minimum atomic E-state index is -0.393. The summed E-state index contributed by atoms with van der Waals surface area (Å²) < 4.78 is 29.5. The fourth-order valence-corrected chi connectivity index (χ4v) is 4.16. The molecule has 1 heterocycles. The van der Waals surface area contributed by atoms with Crippen molar-refractivity contribution >= 4 is 16.9 Å². The van der Waals surface area contributed by atoms with Gasteiger partial charge in [0.05, 0.1) is 52.1 Å². The molecule has 0 bridgehead atoms. The van der Waals surface area contributed by atoms with Crippen molar-refractivity contribution in [3.63, 3.8) is 0 Å². The van der Waals surface area contributed by atoms with Gasteiger partial charge in [-0.3, -0.25) is 4.79 Å². The zero-order valence-corrected chi connectivity index (χ0v) is 21.6. The predicted molar refractivity (Wildman–Crippen MR) is 140 cm³/mol. The molecule has 0 aliphatic heterocycles. The van der Waals surface area contributed by atoms with E-state index in [1.165, 1.54) is 21.3 Å². The van der Waals surface area contributed by atoms with Crippen molar-refractivity contribution < 1.29 is 28.5 Å². The summed E-state index contributed by atoms with van der Waals surface area (Å²) in [6.45, 7) is 2.85. The molecule has 3 aromatic carbocycles. The molecule has 9 nitrogen and oxygen atoms in total. The van der Waals surface area contributed by atoms with Crippen LogP contribution in [0, 0.1) is 0 Å². The first-order valence-corrected chi connectivity index (χ1v) is 11.8. The molecule has 0 aliphatic carbocycles. The Morgan fingerprint density at radius 1 is 0.892 bits per heavy atom. The van der Waals surface area contributed by atoms with Crippen LogP contribution in [0.1, 0.15) is 29.1 Å². The molecule has 0 saturated carbocycles. The molecule has 0 radical (unpaired) electrons. The number of fused-ring (bicyclic) bond motifs is 1. The number of hydrogen-bond donors (Lipinski definition) is 1. The lowest BCUT2D eigenvalue weighted by Crippen LogP contribution is -2.29. The minimum Gasteiger partial charge on any atom is -0.497 e. The zero-order chi connectivity index (χ0) is 26.4. The van der Waals surface area contributed by atoms with Gasteiger partial charge in [-0.05, 0) is 43.3 Å². The van der Waals surface area contributed by atoms with Crippen molar-refractivity contribution in [3.05, 3.63) is 72.1 Å². The number of hydrogen-bond acceptors (Lipinski definition) is 7. The van der Waals surface area contributed by atoms with E-state index in [0.29, 0.717) is 41.7 Å². The molecule has 0 aliphatic rings. The normalized spacial score (nSPS) is 11.6. The molecule has 1 atom stereocenters. The Kier molecular flexibility index (Phi) is 8.02. The van der Waals surface area contributed by atoms with Crippen molar-refractivity contribution in [3.8, 4) is 28.7 Å². The lowest BCUT2D eigenvalue weighted by atomic mass is 10.1. The second-order valence-electron chi connectivity index (χ2n) is 8.25. The molecule has 1 amide bonds. The molecule has 0 saturated heterocycles. The van der Waals surface area contributed by atoms with Gasteiger partial charge in [-0.1, -0.05) is 18.2 Å². The monoisotopic (exact) mass is 505 g/mol. The van der Waals surface area contributed by atoms with Gasteiger partial charge in [0.15, 0.2) is 11.5 Å². The van der Waals surface area contributed by atoms with E-state index in [-0.39, 0.29) is 5.91 Å². The molecule has 4 rings (SSSR count). The van der Waals surface area contributed by atoms with Gasteiger partial charge < -0.3 is 33.6 Å². The number of carbonyl (C=O) groups is 1. The van der Waals surface area contributed by atoms with Crippen LogP contribution in [0.25, 0.3) is 11.0 Å². The molecule has 1 N–H and O–H groups in total. The lowest BCUT2D eigenvalue weighted by molar-refractivity contribution is 0.0936. The number of benzene rings is 3. The summed E-state index contributed by atoms with van der Waals surface area (Å²) in [4.78, 5) is 18.0. The lowest BCUT2D eigenvalue weighted by Gasteiger charge is -2.18. The van der Waals surface area contributed by atoms with Crippen LogP contribution in [-0.4, -0.2) is 50.5 Å².